The van der Waals surface area contributed by atoms with Gasteiger partial charge in [-0.2, -0.15) is 0 Å². The summed E-state index contributed by atoms with van der Waals surface area (Å²) in [6, 6.07) is 15.2. The molecule has 30 heavy (non-hydrogen) atoms. The van der Waals surface area contributed by atoms with E-state index in [1.54, 1.807) is 29.4 Å². The van der Waals surface area contributed by atoms with Crippen LogP contribution in [0.2, 0.25) is 0 Å². The quantitative estimate of drug-likeness (QED) is 0.559. The summed E-state index contributed by atoms with van der Waals surface area (Å²) in [5, 5.41) is 0. The van der Waals surface area contributed by atoms with Crippen LogP contribution in [0.15, 0.2) is 60.9 Å². The lowest BCUT2D eigenvalue weighted by Gasteiger charge is -2.25. The fourth-order valence-corrected chi connectivity index (χ4v) is 3.29. The number of benzene rings is 2. The number of carbonyl (C=O) groups is 1. The topological polar surface area (TPSA) is 60.9 Å². The number of hydrogen-bond acceptors (Lipinski definition) is 5. The second kappa shape index (κ2) is 9.78. The Labute approximate surface area is 177 Å². The Morgan fingerprint density at radius 3 is 2.20 bits per heavy atom. The number of pyridine rings is 1. The maximum atomic E-state index is 13.6. The number of amides is 1. The molecule has 0 radical (unpaired) electrons. The Hall–Kier alpha value is -3.54. The molecule has 0 bridgehead atoms. The Kier molecular flexibility index (Phi) is 6.91. The molecule has 2 aromatic carbocycles. The molecule has 0 aliphatic carbocycles. The summed E-state index contributed by atoms with van der Waals surface area (Å²) in [6.45, 7) is 2.94. The van der Waals surface area contributed by atoms with Gasteiger partial charge in [0.25, 0.3) is 5.91 Å². The third-order valence-electron chi connectivity index (χ3n) is 4.92. The molecule has 1 amide bonds. The van der Waals surface area contributed by atoms with Crippen LogP contribution in [0.5, 0.6) is 17.2 Å². The minimum Gasteiger partial charge on any atom is -0.493 e. The van der Waals surface area contributed by atoms with Crippen molar-refractivity contribution in [2.75, 3.05) is 21.3 Å². The summed E-state index contributed by atoms with van der Waals surface area (Å²) in [5.41, 5.74) is 3.63. The summed E-state index contributed by atoms with van der Waals surface area (Å²) >= 11 is 0. The predicted octanol–water partition coefficient (Wildman–Crippen LogP) is 4.26. The zero-order valence-electron chi connectivity index (χ0n) is 17.7. The van der Waals surface area contributed by atoms with Crippen LogP contribution in [-0.4, -0.2) is 37.1 Å². The number of hydrogen-bond donors (Lipinski definition) is 0. The number of nitrogens with zero attached hydrogens (tertiary/aromatic N) is 2. The van der Waals surface area contributed by atoms with Crippen LogP contribution in [0.25, 0.3) is 0 Å². The van der Waals surface area contributed by atoms with Gasteiger partial charge in [0.05, 0.1) is 21.3 Å². The van der Waals surface area contributed by atoms with Gasteiger partial charge in [-0.25, -0.2) is 0 Å². The maximum Gasteiger partial charge on any atom is 0.254 e. The molecule has 0 fully saturated rings. The molecule has 0 saturated carbocycles. The molecular formula is C24H26N2O4. The van der Waals surface area contributed by atoms with Crippen molar-refractivity contribution in [3.05, 3.63) is 83.2 Å². The minimum atomic E-state index is -0.138. The van der Waals surface area contributed by atoms with Gasteiger partial charge in [0.1, 0.15) is 0 Å². The van der Waals surface area contributed by atoms with Crippen LogP contribution < -0.4 is 14.2 Å². The van der Waals surface area contributed by atoms with E-state index in [2.05, 4.69) is 4.98 Å². The van der Waals surface area contributed by atoms with E-state index < -0.39 is 0 Å². The van der Waals surface area contributed by atoms with Crippen molar-refractivity contribution in [3.8, 4) is 17.2 Å². The minimum absolute atomic E-state index is 0.138. The first-order valence-electron chi connectivity index (χ1n) is 9.60. The first-order chi connectivity index (χ1) is 14.6. The second-order valence-electron chi connectivity index (χ2n) is 6.86. The molecule has 0 aliphatic rings. The summed E-state index contributed by atoms with van der Waals surface area (Å²) in [7, 11) is 4.60. The van der Waals surface area contributed by atoms with Crippen molar-refractivity contribution in [1.29, 1.82) is 0 Å². The van der Waals surface area contributed by atoms with Crippen LogP contribution in [0, 0.1) is 6.92 Å². The second-order valence-corrected chi connectivity index (χ2v) is 6.86. The van der Waals surface area contributed by atoms with Crippen molar-refractivity contribution < 1.29 is 19.0 Å². The van der Waals surface area contributed by atoms with Gasteiger partial charge in [0.2, 0.25) is 5.75 Å². The molecule has 0 spiro atoms. The standard InChI is InChI=1S/C24H26N2O4/c1-17-8-5-6-10-19(17)16-26(15-18-9-7-11-25-14-18)24(27)20-12-21(28-2)23(30-4)22(13-20)29-3/h5-14H,15-16H2,1-4H3. The predicted molar refractivity (Wildman–Crippen MR) is 115 cm³/mol. The van der Waals surface area contributed by atoms with Crippen LogP contribution in [0.1, 0.15) is 27.0 Å². The van der Waals surface area contributed by atoms with Gasteiger partial charge in [-0.3, -0.25) is 9.78 Å². The lowest BCUT2D eigenvalue weighted by Crippen LogP contribution is -2.30. The van der Waals surface area contributed by atoms with E-state index in [-0.39, 0.29) is 5.91 Å². The highest BCUT2D eigenvalue weighted by atomic mass is 16.5. The highest BCUT2D eigenvalue weighted by Crippen LogP contribution is 2.38. The van der Waals surface area contributed by atoms with Crippen molar-refractivity contribution >= 4 is 5.91 Å². The molecule has 1 aromatic heterocycles. The molecule has 3 aromatic rings. The number of rotatable bonds is 8. The Balaban J connectivity index is 2.00. The van der Waals surface area contributed by atoms with Crippen molar-refractivity contribution in [3.63, 3.8) is 0 Å². The first kappa shape index (κ1) is 21.2. The van der Waals surface area contributed by atoms with Gasteiger partial charge in [-0.05, 0) is 41.8 Å². The van der Waals surface area contributed by atoms with Crippen LogP contribution >= 0.6 is 0 Å². The van der Waals surface area contributed by atoms with E-state index in [0.717, 1.165) is 16.7 Å². The number of ether oxygens (including phenoxy) is 3. The number of carbonyl (C=O) groups excluding carboxylic acids is 1. The smallest absolute Gasteiger partial charge is 0.254 e. The van der Waals surface area contributed by atoms with Gasteiger partial charge < -0.3 is 19.1 Å². The van der Waals surface area contributed by atoms with E-state index in [9.17, 15) is 4.79 Å². The van der Waals surface area contributed by atoms with Gasteiger partial charge >= 0.3 is 0 Å². The molecule has 0 N–H and O–H groups in total. The third kappa shape index (κ3) is 4.71. The van der Waals surface area contributed by atoms with E-state index in [1.807, 2.05) is 43.3 Å². The van der Waals surface area contributed by atoms with E-state index in [0.29, 0.717) is 35.9 Å². The van der Waals surface area contributed by atoms with Gasteiger partial charge in [-0.1, -0.05) is 30.3 Å². The molecule has 6 nitrogen and oxygen atoms in total. The summed E-state index contributed by atoms with van der Waals surface area (Å²) in [6.07, 6.45) is 3.49. The average Bonchev–Trinajstić information content (AvgIpc) is 2.79. The normalized spacial score (nSPS) is 10.4. The van der Waals surface area contributed by atoms with Crippen LogP contribution in [-0.2, 0) is 13.1 Å². The van der Waals surface area contributed by atoms with Crippen LogP contribution in [0.3, 0.4) is 0 Å². The summed E-state index contributed by atoms with van der Waals surface area (Å²) in [5.74, 6) is 1.20. The van der Waals surface area contributed by atoms with E-state index in [1.165, 1.54) is 21.3 Å². The van der Waals surface area contributed by atoms with Gasteiger partial charge in [0, 0.05) is 31.0 Å². The van der Waals surface area contributed by atoms with Crippen LogP contribution in [0.4, 0.5) is 0 Å². The third-order valence-corrected chi connectivity index (χ3v) is 4.92. The molecule has 156 valence electrons. The maximum absolute atomic E-state index is 13.6. The number of methoxy groups -OCH3 is 3. The highest BCUT2D eigenvalue weighted by molar-refractivity contribution is 5.95. The van der Waals surface area contributed by atoms with Gasteiger partial charge in [-0.15, -0.1) is 0 Å². The first-order valence-corrected chi connectivity index (χ1v) is 9.60. The fourth-order valence-electron chi connectivity index (χ4n) is 3.29. The zero-order chi connectivity index (χ0) is 21.5. The van der Waals surface area contributed by atoms with Crippen molar-refractivity contribution in [2.45, 2.75) is 20.0 Å². The average molecular weight is 406 g/mol. The largest absolute Gasteiger partial charge is 0.493 e. The Morgan fingerprint density at radius 2 is 1.63 bits per heavy atom. The molecule has 3 rings (SSSR count). The SMILES string of the molecule is COc1cc(C(=O)N(Cc2cccnc2)Cc2ccccc2C)cc(OC)c1OC. The Morgan fingerprint density at radius 1 is 0.933 bits per heavy atom. The summed E-state index contributed by atoms with van der Waals surface area (Å²) in [4.78, 5) is 19.5. The van der Waals surface area contributed by atoms with Crippen molar-refractivity contribution in [2.24, 2.45) is 0 Å². The van der Waals surface area contributed by atoms with E-state index in [4.69, 9.17) is 14.2 Å². The van der Waals surface area contributed by atoms with Crippen molar-refractivity contribution in [1.82, 2.24) is 9.88 Å². The molecule has 0 aliphatic heterocycles. The number of aryl methyl sites for hydroxylation is 1. The molecule has 0 unspecified atom stereocenters. The fraction of sp³-hybridized carbons (Fsp3) is 0.250. The molecular weight excluding hydrogens is 380 g/mol. The lowest BCUT2D eigenvalue weighted by molar-refractivity contribution is 0.0728. The Bertz CT molecular complexity index is 980. The zero-order valence-corrected chi connectivity index (χ0v) is 17.7. The van der Waals surface area contributed by atoms with Gasteiger partial charge in [0.15, 0.2) is 11.5 Å². The van der Waals surface area contributed by atoms with E-state index >= 15 is 0 Å². The monoisotopic (exact) mass is 406 g/mol. The molecule has 0 saturated heterocycles. The number of aromatic nitrogens is 1. The lowest BCUT2D eigenvalue weighted by atomic mass is 10.1. The highest BCUT2D eigenvalue weighted by Gasteiger charge is 2.22. The molecule has 6 heteroatoms. The summed E-state index contributed by atoms with van der Waals surface area (Å²) < 4.78 is 16.2. The molecule has 1 heterocycles. The molecule has 0 atom stereocenters.